The van der Waals surface area contributed by atoms with Crippen molar-refractivity contribution in [2.75, 3.05) is 0 Å². The van der Waals surface area contributed by atoms with Gasteiger partial charge in [0.2, 0.25) is 0 Å². The van der Waals surface area contributed by atoms with Gasteiger partial charge in [-0.2, -0.15) is 5.10 Å². The van der Waals surface area contributed by atoms with Crippen LogP contribution in [0.15, 0.2) is 12.3 Å². The van der Waals surface area contributed by atoms with Crippen molar-refractivity contribution in [1.29, 1.82) is 0 Å². The number of aromatic nitrogens is 2. The van der Waals surface area contributed by atoms with Crippen molar-refractivity contribution < 1.29 is 0 Å². The van der Waals surface area contributed by atoms with Crippen LogP contribution in [-0.2, 0) is 13.5 Å². The van der Waals surface area contributed by atoms with E-state index in [9.17, 15) is 0 Å². The lowest BCUT2D eigenvalue weighted by Gasteiger charge is -2.09. The molecule has 0 aliphatic heterocycles. The van der Waals surface area contributed by atoms with E-state index in [2.05, 4.69) is 18.1 Å². The molecule has 0 radical (unpaired) electrons. The Balaban J connectivity index is 2.09. The molecule has 2 N–H and O–H groups in total. The van der Waals surface area contributed by atoms with Crippen LogP contribution < -0.4 is 5.73 Å². The summed E-state index contributed by atoms with van der Waals surface area (Å²) in [4.78, 5) is 0. The normalized spacial score (nSPS) is 12.9. The molecule has 1 atom stereocenters. The Hall–Kier alpha value is -0.830. The van der Waals surface area contributed by atoms with Gasteiger partial charge in [-0.05, 0) is 12.5 Å². The van der Waals surface area contributed by atoms with Gasteiger partial charge in [-0.15, -0.1) is 0 Å². The largest absolute Gasteiger partial charge is 0.327 e. The van der Waals surface area contributed by atoms with E-state index >= 15 is 0 Å². The van der Waals surface area contributed by atoms with Gasteiger partial charge in [0.1, 0.15) is 0 Å². The maximum Gasteiger partial charge on any atom is 0.0639 e. The second kappa shape index (κ2) is 7.44. The quantitative estimate of drug-likeness (QED) is 0.689. The lowest BCUT2D eigenvalue weighted by molar-refractivity contribution is 0.532. The molecule has 3 heteroatoms. The van der Waals surface area contributed by atoms with Crippen LogP contribution in [-0.4, -0.2) is 15.8 Å². The van der Waals surface area contributed by atoms with Crippen LogP contribution in [0.1, 0.15) is 51.1 Å². The fourth-order valence-electron chi connectivity index (χ4n) is 1.95. The molecule has 1 unspecified atom stereocenters. The third-order valence-electron chi connectivity index (χ3n) is 2.92. The third kappa shape index (κ3) is 5.31. The summed E-state index contributed by atoms with van der Waals surface area (Å²) in [6.45, 7) is 2.24. The van der Waals surface area contributed by atoms with E-state index < -0.39 is 0 Å². The van der Waals surface area contributed by atoms with Gasteiger partial charge in [0.05, 0.1) is 5.69 Å². The van der Waals surface area contributed by atoms with Gasteiger partial charge in [-0.25, -0.2) is 0 Å². The minimum Gasteiger partial charge on any atom is -0.327 e. The van der Waals surface area contributed by atoms with Crippen LogP contribution >= 0.6 is 0 Å². The Kier molecular flexibility index (Phi) is 6.16. The molecule has 0 aliphatic carbocycles. The highest BCUT2D eigenvalue weighted by Gasteiger charge is 2.05. The van der Waals surface area contributed by atoms with E-state index in [4.69, 9.17) is 5.73 Å². The zero-order valence-electron chi connectivity index (χ0n) is 10.7. The van der Waals surface area contributed by atoms with Crippen LogP contribution in [0.25, 0.3) is 0 Å². The SMILES string of the molecule is CCCCCCCC(N)Cc1ccn(C)n1. The molecule has 1 aromatic rings. The average molecular weight is 223 g/mol. The summed E-state index contributed by atoms with van der Waals surface area (Å²) in [7, 11) is 1.94. The lowest BCUT2D eigenvalue weighted by atomic mass is 10.0. The van der Waals surface area contributed by atoms with Gasteiger partial charge in [0, 0.05) is 25.7 Å². The number of hydrogen-bond donors (Lipinski definition) is 1. The molecule has 0 aliphatic rings. The van der Waals surface area contributed by atoms with Crippen molar-refractivity contribution >= 4 is 0 Å². The zero-order chi connectivity index (χ0) is 11.8. The molecular formula is C13H25N3. The molecule has 0 saturated heterocycles. The fourth-order valence-corrected chi connectivity index (χ4v) is 1.95. The summed E-state index contributed by atoms with van der Waals surface area (Å²) in [5.74, 6) is 0. The van der Waals surface area contributed by atoms with Crippen molar-refractivity contribution in [3.8, 4) is 0 Å². The molecule has 0 saturated carbocycles. The number of nitrogens with two attached hydrogens (primary N) is 1. The van der Waals surface area contributed by atoms with Crippen molar-refractivity contribution in [3.05, 3.63) is 18.0 Å². The number of aryl methyl sites for hydroxylation is 1. The molecule has 0 amide bonds. The minimum absolute atomic E-state index is 0.275. The summed E-state index contributed by atoms with van der Waals surface area (Å²) < 4.78 is 1.84. The first-order chi connectivity index (χ1) is 7.72. The van der Waals surface area contributed by atoms with E-state index in [1.807, 2.05) is 17.9 Å². The van der Waals surface area contributed by atoms with Crippen LogP contribution in [0.2, 0.25) is 0 Å². The first-order valence-electron chi connectivity index (χ1n) is 6.46. The molecule has 1 aromatic heterocycles. The van der Waals surface area contributed by atoms with Crippen molar-refractivity contribution in [2.24, 2.45) is 12.8 Å². The van der Waals surface area contributed by atoms with Crippen molar-refractivity contribution in [1.82, 2.24) is 9.78 Å². The highest BCUT2D eigenvalue weighted by molar-refractivity contribution is 5.00. The maximum atomic E-state index is 6.08. The molecular weight excluding hydrogens is 198 g/mol. The Morgan fingerprint density at radius 3 is 2.69 bits per heavy atom. The second-order valence-corrected chi connectivity index (χ2v) is 4.65. The number of unbranched alkanes of at least 4 members (excludes halogenated alkanes) is 4. The Labute approximate surface area is 99.0 Å². The Bertz CT molecular complexity index is 280. The molecule has 3 nitrogen and oxygen atoms in total. The smallest absolute Gasteiger partial charge is 0.0639 e. The monoisotopic (exact) mass is 223 g/mol. The molecule has 0 spiro atoms. The van der Waals surface area contributed by atoms with E-state index in [1.165, 1.54) is 32.1 Å². The second-order valence-electron chi connectivity index (χ2n) is 4.65. The maximum absolute atomic E-state index is 6.08. The average Bonchev–Trinajstić information content (AvgIpc) is 2.63. The number of rotatable bonds is 8. The van der Waals surface area contributed by atoms with E-state index in [-0.39, 0.29) is 6.04 Å². The molecule has 1 rings (SSSR count). The molecule has 0 bridgehead atoms. The van der Waals surface area contributed by atoms with Gasteiger partial charge in [-0.3, -0.25) is 4.68 Å². The van der Waals surface area contributed by atoms with Crippen LogP contribution in [0.4, 0.5) is 0 Å². The molecule has 0 aromatic carbocycles. The van der Waals surface area contributed by atoms with Crippen molar-refractivity contribution in [2.45, 2.75) is 57.9 Å². The third-order valence-corrected chi connectivity index (χ3v) is 2.92. The van der Waals surface area contributed by atoms with Crippen LogP contribution in [0.3, 0.4) is 0 Å². The van der Waals surface area contributed by atoms with Crippen molar-refractivity contribution in [3.63, 3.8) is 0 Å². The summed E-state index contributed by atoms with van der Waals surface area (Å²) in [5.41, 5.74) is 7.19. The van der Waals surface area contributed by atoms with Gasteiger partial charge in [0.15, 0.2) is 0 Å². The van der Waals surface area contributed by atoms with Gasteiger partial charge in [0.25, 0.3) is 0 Å². The predicted octanol–water partition coefficient (Wildman–Crippen LogP) is 2.65. The topological polar surface area (TPSA) is 43.8 Å². The van der Waals surface area contributed by atoms with E-state index in [1.54, 1.807) is 0 Å². The summed E-state index contributed by atoms with van der Waals surface area (Å²) in [6, 6.07) is 2.33. The predicted molar refractivity (Wildman–Crippen MR) is 68.3 cm³/mol. The minimum atomic E-state index is 0.275. The standard InChI is InChI=1S/C13H25N3/c1-3-4-5-6-7-8-12(14)11-13-9-10-16(2)15-13/h9-10,12H,3-8,11,14H2,1-2H3. The van der Waals surface area contributed by atoms with Crippen LogP contribution in [0.5, 0.6) is 0 Å². The highest BCUT2D eigenvalue weighted by atomic mass is 15.2. The summed E-state index contributed by atoms with van der Waals surface area (Å²) in [6.07, 6.45) is 10.6. The fraction of sp³-hybridized carbons (Fsp3) is 0.769. The Morgan fingerprint density at radius 1 is 1.31 bits per heavy atom. The first kappa shape index (κ1) is 13.2. The van der Waals surface area contributed by atoms with E-state index in [0.717, 1.165) is 18.5 Å². The zero-order valence-corrected chi connectivity index (χ0v) is 10.7. The number of nitrogens with zero attached hydrogens (tertiary/aromatic N) is 2. The summed E-state index contributed by atoms with van der Waals surface area (Å²) >= 11 is 0. The number of hydrogen-bond acceptors (Lipinski definition) is 2. The molecule has 0 fully saturated rings. The van der Waals surface area contributed by atoms with Gasteiger partial charge in [-0.1, -0.05) is 39.0 Å². The Morgan fingerprint density at radius 2 is 2.06 bits per heavy atom. The first-order valence-corrected chi connectivity index (χ1v) is 6.46. The molecule has 1 heterocycles. The lowest BCUT2D eigenvalue weighted by Crippen LogP contribution is -2.22. The van der Waals surface area contributed by atoms with Gasteiger partial charge >= 0.3 is 0 Å². The molecule has 92 valence electrons. The van der Waals surface area contributed by atoms with Crippen LogP contribution in [0, 0.1) is 0 Å². The summed E-state index contributed by atoms with van der Waals surface area (Å²) in [5, 5.41) is 4.34. The van der Waals surface area contributed by atoms with Gasteiger partial charge < -0.3 is 5.73 Å². The highest BCUT2D eigenvalue weighted by Crippen LogP contribution is 2.09. The molecule has 16 heavy (non-hydrogen) atoms. The van der Waals surface area contributed by atoms with E-state index in [0.29, 0.717) is 0 Å².